The lowest BCUT2D eigenvalue weighted by Gasteiger charge is -2.24. The van der Waals surface area contributed by atoms with Gasteiger partial charge in [-0.2, -0.15) is 0 Å². The zero-order valence-corrected chi connectivity index (χ0v) is 19.5. The van der Waals surface area contributed by atoms with Gasteiger partial charge in [-0.25, -0.2) is 0 Å². The highest BCUT2D eigenvalue weighted by atomic mass is 19.4. The van der Waals surface area contributed by atoms with Crippen molar-refractivity contribution in [3.05, 3.63) is 107 Å². The van der Waals surface area contributed by atoms with Crippen LogP contribution in [0.4, 0.5) is 13.2 Å². The van der Waals surface area contributed by atoms with Crippen LogP contribution in [-0.2, 0) is 13.0 Å². The number of hydrogen-bond acceptors (Lipinski definition) is 5. The Labute approximate surface area is 207 Å². The molecule has 1 aliphatic heterocycles. The van der Waals surface area contributed by atoms with Crippen molar-refractivity contribution < 1.29 is 28.1 Å². The van der Waals surface area contributed by atoms with Crippen molar-refractivity contribution in [2.24, 2.45) is 11.8 Å². The summed E-state index contributed by atoms with van der Waals surface area (Å²) in [4.78, 5) is 6.23. The van der Waals surface area contributed by atoms with Crippen molar-refractivity contribution in [1.29, 1.82) is 0 Å². The zero-order chi connectivity index (χ0) is 25.3. The Morgan fingerprint density at radius 2 is 1.92 bits per heavy atom. The van der Waals surface area contributed by atoms with E-state index in [0.29, 0.717) is 31.0 Å². The van der Waals surface area contributed by atoms with Crippen molar-refractivity contribution in [3.63, 3.8) is 0 Å². The molecule has 3 unspecified atom stereocenters. The minimum absolute atomic E-state index is 0.0339. The predicted molar refractivity (Wildman–Crippen MR) is 129 cm³/mol. The fraction of sp³-hybridized carbons (Fsp3) is 0.321. The summed E-state index contributed by atoms with van der Waals surface area (Å²) >= 11 is 0. The lowest BCUT2D eigenvalue weighted by atomic mass is 9.82. The summed E-state index contributed by atoms with van der Waals surface area (Å²) in [5, 5.41) is 21.6. The first-order valence-electron chi connectivity index (χ1n) is 11.9. The van der Waals surface area contributed by atoms with Crippen LogP contribution in [0.3, 0.4) is 0 Å². The van der Waals surface area contributed by atoms with Gasteiger partial charge >= 0.3 is 6.36 Å². The molecule has 0 spiro atoms. The van der Waals surface area contributed by atoms with Gasteiger partial charge in [0, 0.05) is 36.5 Å². The number of allylic oxidation sites excluding steroid dienone is 6. The van der Waals surface area contributed by atoms with E-state index in [4.69, 9.17) is 0 Å². The predicted octanol–water partition coefficient (Wildman–Crippen LogP) is 5.62. The van der Waals surface area contributed by atoms with Gasteiger partial charge in [0.25, 0.3) is 0 Å². The summed E-state index contributed by atoms with van der Waals surface area (Å²) in [6.07, 6.45) is 6.84. The molecule has 2 aliphatic carbocycles. The number of pyridine rings is 1. The number of aliphatic hydroxyl groups is 2. The van der Waals surface area contributed by atoms with Crippen LogP contribution in [-0.4, -0.2) is 39.2 Å². The van der Waals surface area contributed by atoms with Crippen LogP contribution in [0.25, 0.3) is 0 Å². The third-order valence-electron chi connectivity index (χ3n) is 6.89. The molecule has 1 fully saturated rings. The lowest BCUT2D eigenvalue weighted by Crippen LogP contribution is -2.29. The second-order valence-electron chi connectivity index (χ2n) is 9.45. The number of benzene rings is 1. The maximum absolute atomic E-state index is 12.4. The molecule has 0 amide bonds. The Bertz CT molecular complexity index is 1220. The van der Waals surface area contributed by atoms with E-state index in [0.717, 1.165) is 35.2 Å². The van der Waals surface area contributed by atoms with E-state index in [1.165, 1.54) is 12.1 Å². The largest absolute Gasteiger partial charge is 0.573 e. The molecule has 1 aromatic heterocycles. The number of alkyl halides is 3. The maximum atomic E-state index is 12.4. The molecule has 0 bridgehead atoms. The van der Waals surface area contributed by atoms with Crippen molar-refractivity contribution in [2.75, 3.05) is 6.54 Å². The van der Waals surface area contributed by atoms with E-state index < -0.39 is 12.6 Å². The second-order valence-corrected chi connectivity index (χ2v) is 9.45. The second kappa shape index (κ2) is 9.95. The SMILES string of the molecule is OC1=C2C(CC(C3=CCC(Cc4ccccn4)C=C3)=C1)CN(Cc1ccc(OC(F)(F)F)cc1)C2O. The summed E-state index contributed by atoms with van der Waals surface area (Å²) in [5.41, 5.74) is 4.53. The van der Waals surface area contributed by atoms with Crippen LogP contribution in [0, 0.1) is 11.8 Å². The van der Waals surface area contributed by atoms with Crippen LogP contribution in [0.5, 0.6) is 5.75 Å². The van der Waals surface area contributed by atoms with Gasteiger partial charge in [0.1, 0.15) is 17.7 Å². The van der Waals surface area contributed by atoms with Crippen molar-refractivity contribution in [3.8, 4) is 5.75 Å². The van der Waals surface area contributed by atoms with Gasteiger partial charge in [-0.15, -0.1) is 13.2 Å². The molecule has 2 heterocycles. The minimum atomic E-state index is -4.74. The Kier molecular flexibility index (Phi) is 6.73. The topological polar surface area (TPSA) is 65.8 Å². The molecule has 0 saturated carbocycles. The molecule has 2 N–H and O–H groups in total. The van der Waals surface area contributed by atoms with Gasteiger partial charge in [-0.3, -0.25) is 9.88 Å². The molecule has 2 aromatic rings. The molecule has 5 rings (SSSR count). The third kappa shape index (κ3) is 5.55. The van der Waals surface area contributed by atoms with Crippen LogP contribution in [0.1, 0.15) is 24.1 Å². The molecule has 1 saturated heterocycles. The highest BCUT2D eigenvalue weighted by molar-refractivity contribution is 5.49. The number of rotatable bonds is 6. The van der Waals surface area contributed by atoms with Gasteiger partial charge in [-0.1, -0.05) is 36.4 Å². The van der Waals surface area contributed by atoms with E-state index in [1.807, 2.05) is 23.1 Å². The number of hydrogen-bond donors (Lipinski definition) is 2. The molecule has 8 heteroatoms. The van der Waals surface area contributed by atoms with E-state index in [2.05, 4.69) is 27.9 Å². The van der Waals surface area contributed by atoms with Crippen LogP contribution in [0.2, 0.25) is 0 Å². The Hall–Kier alpha value is -3.36. The van der Waals surface area contributed by atoms with Gasteiger partial charge < -0.3 is 14.9 Å². The summed E-state index contributed by atoms with van der Waals surface area (Å²) in [7, 11) is 0. The highest BCUT2D eigenvalue weighted by Gasteiger charge is 2.40. The molecule has 188 valence electrons. The number of aromatic nitrogens is 1. The van der Waals surface area contributed by atoms with E-state index in [1.54, 1.807) is 24.4 Å². The normalized spacial score (nSPS) is 24.4. The van der Waals surface area contributed by atoms with Crippen molar-refractivity contribution in [1.82, 2.24) is 9.88 Å². The maximum Gasteiger partial charge on any atom is 0.573 e. The molecule has 0 radical (unpaired) electrons. The standard InChI is InChI=1S/C28H27F3N2O3/c29-28(30,31)36-24-10-6-19(7-11-24)16-33-17-22-14-21(15-25(34)26(22)27(33)35)20-8-4-18(5-9-20)13-23-3-1-2-12-32-23/h1-4,6-12,15,18,22,27,34-35H,5,13-14,16-17H2. The first-order valence-corrected chi connectivity index (χ1v) is 11.9. The number of halogens is 3. The smallest absolute Gasteiger partial charge is 0.508 e. The Morgan fingerprint density at radius 3 is 2.58 bits per heavy atom. The van der Waals surface area contributed by atoms with Gasteiger partial charge in [0.05, 0.1) is 0 Å². The summed E-state index contributed by atoms with van der Waals surface area (Å²) in [5.74, 6) is 0.153. The summed E-state index contributed by atoms with van der Waals surface area (Å²) in [6.45, 7) is 0.881. The van der Waals surface area contributed by atoms with Crippen LogP contribution in [0.15, 0.2) is 95.4 Å². The lowest BCUT2D eigenvalue weighted by molar-refractivity contribution is -0.274. The van der Waals surface area contributed by atoms with E-state index >= 15 is 0 Å². The van der Waals surface area contributed by atoms with Gasteiger partial charge in [-0.05, 0) is 72.2 Å². The first kappa shape index (κ1) is 24.3. The van der Waals surface area contributed by atoms with E-state index in [9.17, 15) is 23.4 Å². The highest BCUT2D eigenvalue weighted by Crippen LogP contribution is 2.41. The fourth-order valence-corrected chi connectivity index (χ4v) is 5.20. The van der Waals surface area contributed by atoms with Crippen molar-refractivity contribution >= 4 is 0 Å². The first-order chi connectivity index (χ1) is 17.2. The van der Waals surface area contributed by atoms with Crippen LogP contribution >= 0.6 is 0 Å². The average Bonchev–Trinajstić information content (AvgIpc) is 3.16. The molecular formula is C28H27F3N2O3. The Morgan fingerprint density at radius 1 is 1.11 bits per heavy atom. The quantitative estimate of drug-likeness (QED) is 0.544. The summed E-state index contributed by atoms with van der Waals surface area (Å²) in [6, 6.07) is 11.6. The molecule has 5 nitrogen and oxygen atoms in total. The molecule has 3 aliphatic rings. The molecule has 36 heavy (non-hydrogen) atoms. The minimum Gasteiger partial charge on any atom is -0.508 e. The van der Waals surface area contributed by atoms with Gasteiger partial charge in [0.15, 0.2) is 0 Å². The van der Waals surface area contributed by atoms with Crippen LogP contribution < -0.4 is 4.74 Å². The average molecular weight is 497 g/mol. The van der Waals surface area contributed by atoms with Crippen molar-refractivity contribution in [2.45, 2.75) is 38.4 Å². The molecular weight excluding hydrogens is 469 g/mol. The number of nitrogens with zero attached hydrogens (tertiary/aromatic N) is 2. The van der Waals surface area contributed by atoms with Gasteiger partial charge in [0.2, 0.25) is 0 Å². The number of fused-ring (bicyclic) bond motifs is 1. The zero-order valence-electron chi connectivity index (χ0n) is 19.5. The van der Waals surface area contributed by atoms with E-state index in [-0.39, 0.29) is 17.4 Å². The monoisotopic (exact) mass is 496 g/mol. The molecule has 3 atom stereocenters. The Balaban J connectivity index is 1.21. The fourth-order valence-electron chi connectivity index (χ4n) is 5.20. The number of ether oxygens (including phenoxy) is 1. The number of aliphatic hydroxyl groups excluding tert-OH is 2. The third-order valence-corrected chi connectivity index (χ3v) is 6.89. The molecule has 1 aromatic carbocycles. The number of likely N-dealkylation sites (tertiary alicyclic amines) is 1. The summed E-state index contributed by atoms with van der Waals surface area (Å²) < 4.78 is 41.1.